The van der Waals surface area contributed by atoms with Crippen molar-refractivity contribution in [2.75, 3.05) is 0 Å². The van der Waals surface area contributed by atoms with E-state index in [1.165, 1.54) is 42.4 Å². The van der Waals surface area contributed by atoms with Crippen LogP contribution in [0, 0.1) is 6.92 Å². The minimum atomic E-state index is 0.177. The predicted molar refractivity (Wildman–Crippen MR) is 88.2 cm³/mol. The highest BCUT2D eigenvalue weighted by molar-refractivity contribution is 5.43. The molecule has 0 heterocycles. The second-order valence-corrected chi connectivity index (χ2v) is 5.76. The van der Waals surface area contributed by atoms with Gasteiger partial charge >= 0.3 is 0 Å². The standard InChI is InChI=1S/C20H26/c1-4-15-20(16-5-2,18-12-7-6-8-13-18)19-14-10-9-11-17(19)3/h6-14H,4-5,15-16H2,1-3H3. The third-order valence-corrected chi connectivity index (χ3v) is 4.34. The smallest absolute Gasteiger partial charge is 0.0205 e. The zero-order valence-electron chi connectivity index (χ0n) is 13.0. The Morgan fingerprint density at radius 3 is 1.85 bits per heavy atom. The fraction of sp³-hybridized carbons (Fsp3) is 0.400. The van der Waals surface area contributed by atoms with Crippen molar-refractivity contribution in [2.24, 2.45) is 0 Å². The largest absolute Gasteiger partial charge is 0.0653 e. The third-order valence-electron chi connectivity index (χ3n) is 4.34. The zero-order chi connectivity index (χ0) is 14.4. The molecule has 0 bridgehead atoms. The molecule has 2 rings (SSSR count). The van der Waals surface area contributed by atoms with E-state index in [2.05, 4.69) is 75.4 Å². The molecule has 20 heavy (non-hydrogen) atoms. The number of hydrogen-bond acceptors (Lipinski definition) is 0. The van der Waals surface area contributed by atoms with Crippen LogP contribution < -0.4 is 0 Å². The molecule has 0 N–H and O–H groups in total. The van der Waals surface area contributed by atoms with Crippen molar-refractivity contribution in [3.63, 3.8) is 0 Å². The summed E-state index contributed by atoms with van der Waals surface area (Å²) in [4.78, 5) is 0. The van der Waals surface area contributed by atoms with Gasteiger partial charge in [-0.1, -0.05) is 81.3 Å². The number of rotatable bonds is 6. The number of hydrogen-bond donors (Lipinski definition) is 0. The van der Waals surface area contributed by atoms with E-state index >= 15 is 0 Å². The highest BCUT2D eigenvalue weighted by Gasteiger charge is 2.33. The summed E-state index contributed by atoms with van der Waals surface area (Å²) >= 11 is 0. The molecule has 0 fully saturated rings. The van der Waals surface area contributed by atoms with Crippen LogP contribution in [-0.2, 0) is 5.41 Å². The van der Waals surface area contributed by atoms with Crippen LogP contribution in [0.1, 0.15) is 56.2 Å². The lowest BCUT2D eigenvalue weighted by Gasteiger charge is -2.36. The van der Waals surface area contributed by atoms with Crippen LogP contribution in [0.15, 0.2) is 54.6 Å². The summed E-state index contributed by atoms with van der Waals surface area (Å²) < 4.78 is 0. The summed E-state index contributed by atoms with van der Waals surface area (Å²) in [6, 6.07) is 20.0. The van der Waals surface area contributed by atoms with Gasteiger partial charge < -0.3 is 0 Å². The summed E-state index contributed by atoms with van der Waals surface area (Å²) in [7, 11) is 0. The van der Waals surface area contributed by atoms with Crippen molar-refractivity contribution >= 4 is 0 Å². The van der Waals surface area contributed by atoms with Crippen molar-refractivity contribution in [3.8, 4) is 0 Å². The minimum Gasteiger partial charge on any atom is -0.0653 e. The van der Waals surface area contributed by atoms with Crippen molar-refractivity contribution in [2.45, 2.75) is 51.9 Å². The normalized spacial score (nSPS) is 11.6. The topological polar surface area (TPSA) is 0 Å². The Morgan fingerprint density at radius 2 is 1.30 bits per heavy atom. The molecular weight excluding hydrogens is 240 g/mol. The Labute approximate surface area is 123 Å². The maximum absolute atomic E-state index is 2.33. The SMILES string of the molecule is CCCC(CCC)(c1ccccc1)c1ccccc1C. The van der Waals surface area contributed by atoms with Crippen molar-refractivity contribution in [1.29, 1.82) is 0 Å². The van der Waals surface area contributed by atoms with Crippen molar-refractivity contribution in [1.82, 2.24) is 0 Å². The maximum Gasteiger partial charge on any atom is 0.0205 e. The first kappa shape index (κ1) is 14.8. The maximum atomic E-state index is 2.33. The average molecular weight is 266 g/mol. The van der Waals surface area contributed by atoms with Crippen LogP contribution in [0.2, 0.25) is 0 Å². The zero-order valence-corrected chi connectivity index (χ0v) is 13.0. The van der Waals surface area contributed by atoms with E-state index in [4.69, 9.17) is 0 Å². The van der Waals surface area contributed by atoms with Crippen LogP contribution in [0.5, 0.6) is 0 Å². The van der Waals surface area contributed by atoms with E-state index in [0.717, 1.165) is 0 Å². The fourth-order valence-electron chi connectivity index (χ4n) is 3.56. The second-order valence-electron chi connectivity index (χ2n) is 5.76. The Kier molecular flexibility index (Phi) is 5.00. The van der Waals surface area contributed by atoms with Crippen LogP contribution in [0.25, 0.3) is 0 Å². The summed E-state index contributed by atoms with van der Waals surface area (Å²) in [6.45, 7) is 6.84. The monoisotopic (exact) mass is 266 g/mol. The van der Waals surface area contributed by atoms with Crippen LogP contribution in [0.4, 0.5) is 0 Å². The van der Waals surface area contributed by atoms with E-state index in [9.17, 15) is 0 Å². The Morgan fingerprint density at radius 1 is 0.750 bits per heavy atom. The molecule has 0 heteroatoms. The number of aryl methyl sites for hydroxylation is 1. The molecular formula is C20H26. The second kappa shape index (κ2) is 6.74. The van der Waals surface area contributed by atoms with Gasteiger partial charge in [0.15, 0.2) is 0 Å². The summed E-state index contributed by atoms with van der Waals surface area (Å²) in [6.07, 6.45) is 4.86. The molecule has 2 aromatic carbocycles. The average Bonchev–Trinajstić information content (AvgIpc) is 2.48. The van der Waals surface area contributed by atoms with Gasteiger partial charge in [-0.15, -0.1) is 0 Å². The minimum absolute atomic E-state index is 0.177. The molecule has 0 aliphatic rings. The molecule has 0 radical (unpaired) electrons. The quantitative estimate of drug-likeness (QED) is 0.612. The van der Waals surface area contributed by atoms with Gasteiger partial charge in [0, 0.05) is 5.41 Å². The summed E-state index contributed by atoms with van der Waals surface area (Å²) in [5.74, 6) is 0. The van der Waals surface area contributed by atoms with Crippen LogP contribution in [0.3, 0.4) is 0 Å². The van der Waals surface area contributed by atoms with E-state index in [0.29, 0.717) is 0 Å². The highest BCUT2D eigenvalue weighted by Crippen LogP contribution is 2.42. The lowest BCUT2D eigenvalue weighted by atomic mass is 9.67. The van der Waals surface area contributed by atoms with Crippen molar-refractivity contribution in [3.05, 3.63) is 71.3 Å². The lowest BCUT2D eigenvalue weighted by molar-refractivity contribution is 0.424. The molecule has 0 unspecified atom stereocenters. The van der Waals surface area contributed by atoms with E-state index in [1.807, 2.05) is 0 Å². The molecule has 0 saturated heterocycles. The molecule has 0 aromatic heterocycles. The Hall–Kier alpha value is -1.56. The first-order valence-electron chi connectivity index (χ1n) is 7.86. The van der Waals surface area contributed by atoms with Gasteiger partial charge in [-0.3, -0.25) is 0 Å². The lowest BCUT2D eigenvalue weighted by Crippen LogP contribution is -2.28. The molecule has 0 atom stereocenters. The van der Waals surface area contributed by atoms with Gasteiger partial charge in [-0.25, -0.2) is 0 Å². The van der Waals surface area contributed by atoms with Gasteiger partial charge in [0.25, 0.3) is 0 Å². The first-order chi connectivity index (χ1) is 9.74. The molecule has 0 amide bonds. The molecule has 106 valence electrons. The Bertz CT molecular complexity index is 519. The first-order valence-corrected chi connectivity index (χ1v) is 7.86. The van der Waals surface area contributed by atoms with E-state index in [-0.39, 0.29) is 5.41 Å². The van der Waals surface area contributed by atoms with Gasteiger partial charge in [-0.2, -0.15) is 0 Å². The van der Waals surface area contributed by atoms with E-state index < -0.39 is 0 Å². The van der Waals surface area contributed by atoms with Gasteiger partial charge in [-0.05, 0) is 36.5 Å². The Balaban J connectivity index is 2.62. The molecule has 0 nitrogen and oxygen atoms in total. The van der Waals surface area contributed by atoms with Gasteiger partial charge in [0.1, 0.15) is 0 Å². The van der Waals surface area contributed by atoms with Gasteiger partial charge in [0.05, 0.1) is 0 Å². The summed E-state index contributed by atoms with van der Waals surface area (Å²) in [5.41, 5.74) is 4.57. The van der Waals surface area contributed by atoms with Crippen molar-refractivity contribution < 1.29 is 0 Å². The predicted octanol–water partition coefficient (Wildman–Crippen LogP) is 5.88. The molecule has 2 aromatic rings. The molecule has 0 saturated carbocycles. The van der Waals surface area contributed by atoms with Crippen LogP contribution >= 0.6 is 0 Å². The highest BCUT2D eigenvalue weighted by atomic mass is 14.4. The van der Waals surface area contributed by atoms with E-state index in [1.54, 1.807) is 0 Å². The third kappa shape index (κ3) is 2.80. The molecule has 0 spiro atoms. The number of benzene rings is 2. The summed E-state index contributed by atoms with van der Waals surface area (Å²) in [5, 5.41) is 0. The van der Waals surface area contributed by atoms with Gasteiger partial charge in [0.2, 0.25) is 0 Å². The molecule has 0 aliphatic carbocycles. The molecule has 0 aliphatic heterocycles. The fourth-order valence-corrected chi connectivity index (χ4v) is 3.56. The van der Waals surface area contributed by atoms with Crippen LogP contribution in [-0.4, -0.2) is 0 Å².